The average molecular weight is 283 g/mol. The topological polar surface area (TPSA) is 71.3 Å². The summed E-state index contributed by atoms with van der Waals surface area (Å²) in [6.45, 7) is 0.965. The highest BCUT2D eigenvalue weighted by molar-refractivity contribution is 6.31. The minimum Gasteiger partial charge on any atom is -0.482 e. The van der Waals surface area contributed by atoms with E-state index in [1.54, 1.807) is 25.3 Å². The molecule has 0 unspecified atom stereocenters. The van der Waals surface area contributed by atoms with E-state index < -0.39 is 0 Å². The molecular formula is C13H15ClN2O3. The molecule has 1 aromatic rings. The molecule has 1 amide bonds. The van der Waals surface area contributed by atoms with Gasteiger partial charge in [0, 0.05) is 20.3 Å². The van der Waals surface area contributed by atoms with Gasteiger partial charge in [-0.05, 0) is 18.6 Å². The first-order valence-electron chi connectivity index (χ1n) is 5.76. The molecular weight excluding hydrogens is 268 g/mol. The standard InChI is InChI=1S/C13H15ClN2O3/c1-18-7-3-6-16-13(17)9-19-12-5-2-4-11(14)10(12)8-15/h2,4-5H,3,6-7,9H2,1H3,(H,16,17). The molecule has 0 fully saturated rings. The first-order chi connectivity index (χ1) is 9.19. The Kier molecular flexibility index (Phi) is 6.72. The van der Waals surface area contributed by atoms with E-state index >= 15 is 0 Å². The van der Waals surface area contributed by atoms with Gasteiger partial charge >= 0.3 is 0 Å². The Morgan fingerprint density at radius 1 is 1.53 bits per heavy atom. The minimum atomic E-state index is -0.250. The number of ether oxygens (including phenoxy) is 2. The highest BCUT2D eigenvalue weighted by Gasteiger charge is 2.09. The van der Waals surface area contributed by atoms with Crippen molar-refractivity contribution in [2.24, 2.45) is 0 Å². The van der Waals surface area contributed by atoms with Crippen LogP contribution in [0, 0.1) is 11.3 Å². The number of carbonyl (C=O) groups excluding carboxylic acids is 1. The molecule has 5 nitrogen and oxygen atoms in total. The number of rotatable bonds is 7. The Labute approximate surface area is 117 Å². The zero-order valence-corrected chi connectivity index (χ0v) is 11.4. The summed E-state index contributed by atoms with van der Waals surface area (Å²) >= 11 is 5.85. The fourth-order valence-electron chi connectivity index (χ4n) is 1.37. The lowest BCUT2D eigenvalue weighted by Gasteiger charge is -2.09. The summed E-state index contributed by atoms with van der Waals surface area (Å²) < 4.78 is 10.1. The van der Waals surface area contributed by atoms with Crippen LogP contribution in [0.3, 0.4) is 0 Å². The molecule has 0 heterocycles. The fourth-order valence-corrected chi connectivity index (χ4v) is 1.58. The number of amides is 1. The molecule has 1 rings (SSSR count). The number of nitrogens with zero attached hydrogens (tertiary/aromatic N) is 1. The maximum Gasteiger partial charge on any atom is 0.257 e. The Morgan fingerprint density at radius 3 is 3.00 bits per heavy atom. The average Bonchev–Trinajstić information content (AvgIpc) is 2.41. The van der Waals surface area contributed by atoms with E-state index in [4.69, 9.17) is 26.3 Å². The largest absolute Gasteiger partial charge is 0.482 e. The molecule has 6 heteroatoms. The van der Waals surface area contributed by atoms with Crippen molar-refractivity contribution in [1.82, 2.24) is 5.32 Å². The van der Waals surface area contributed by atoms with Crippen molar-refractivity contribution in [2.75, 3.05) is 26.9 Å². The van der Waals surface area contributed by atoms with Gasteiger partial charge in [-0.15, -0.1) is 0 Å². The Balaban J connectivity index is 2.43. The van der Waals surface area contributed by atoms with Gasteiger partial charge in [-0.25, -0.2) is 0 Å². The van der Waals surface area contributed by atoms with Crippen LogP contribution in [0.1, 0.15) is 12.0 Å². The molecule has 19 heavy (non-hydrogen) atoms. The summed E-state index contributed by atoms with van der Waals surface area (Å²) in [6, 6.07) is 6.80. The molecule has 0 bridgehead atoms. The molecule has 0 spiro atoms. The zero-order valence-electron chi connectivity index (χ0n) is 10.6. The van der Waals surface area contributed by atoms with Crippen LogP contribution in [0.4, 0.5) is 0 Å². The van der Waals surface area contributed by atoms with Crippen molar-refractivity contribution in [2.45, 2.75) is 6.42 Å². The smallest absolute Gasteiger partial charge is 0.257 e. The van der Waals surface area contributed by atoms with E-state index in [0.717, 1.165) is 6.42 Å². The molecule has 0 saturated heterocycles. The third-order valence-corrected chi connectivity index (χ3v) is 2.61. The molecule has 0 atom stereocenters. The summed E-state index contributed by atoms with van der Waals surface area (Å²) in [5, 5.41) is 11.9. The monoisotopic (exact) mass is 282 g/mol. The predicted octanol–water partition coefficient (Wildman–Crippen LogP) is 1.74. The number of nitrogens with one attached hydrogen (secondary N) is 1. The van der Waals surface area contributed by atoms with Crippen molar-refractivity contribution in [3.05, 3.63) is 28.8 Å². The van der Waals surface area contributed by atoms with Gasteiger partial charge in [-0.1, -0.05) is 17.7 Å². The molecule has 0 aliphatic rings. The molecule has 0 saturated carbocycles. The minimum absolute atomic E-state index is 0.151. The van der Waals surface area contributed by atoms with Crippen molar-refractivity contribution in [3.8, 4) is 11.8 Å². The lowest BCUT2D eigenvalue weighted by molar-refractivity contribution is -0.123. The maximum atomic E-state index is 11.5. The van der Waals surface area contributed by atoms with E-state index in [1.807, 2.05) is 6.07 Å². The lowest BCUT2D eigenvalue weighted by atomic mass is 10.2. The van der Waals surface area contributed by atoms with Gasteiger partial charge in [0.2, 0.25) is 0 Å². The van der Waals surface area contributed by atoms with Gasteiger partial charge in [-0.2, -0.15) is 5.26 Å². The number of methoxy groups -OCH3 is 1. The summed E-state index contributed by atoms with van der Waals surface area (Å²) in [7, 11) is 1.60. The van der Waals surface area contributed by atoms with Crippen LogP contribution in [-0.2, 0) is 9.53 Å². The Hall–Kier alpha value is -1.77. The van der Waals surface area contributed by atoms with Crippen LogP contribution < -0.4 is 10.1 Å². The summed E-state index contributed by atoms with van der Waals surface area (Å²) in [5.74, 6) is 0.0574. The maximum absolute atomic E-state index is 11.5. The van der Waals surface area contributed by atoms with E-state index in [0.29, 0.717) is 23.9 Å². The number of nitriles is 1. The molecule has 0 radical (unpaired) electrons. The van der Waals surface area contributed by atoms with Crippen molar-refractivity contribution in [3.63, 3.8) is 0 Å². The number of hydrogen-bond acceptors (Lipinski definition) is 4. The summed E-state index contributed by atoms with van der Waals surface area (Å²) in [6.07, 6.45) is 0.739. The highest BCUT2D eigenvalue weighted by Crippen LogP contribution is 2.25. The van der Waals surface area contributed by atoms with E-state index in [2.05, 4.69) is 5.32 Å². The quantitative estimate of drug-likeness (QED) is 0.773. The highest BCUT2D eigenvalue weighted by atomic mass is 35.5. The summed E-state index contributed by atoms with van der Waals surface area (Å²) in [4.78, 5) is 11.5. The van der Waals surface area contributed by atoms with Crippen molar-refractivity contribution in [1.29, 1.82) is 5.26 Å². The second-order valence-electron chi connectivity index (χ2n) is 3.71. The van der Waals surface area contributed by atoms with Crippen LogP contribution in [0.25, 0.3) is 0 Å². The lowest BCUT2D eigenvalue weighted by Crippen LogP contribution is -2.30. The van der Waals surface area contributed by atoms with Crippen LogP contribution >= 0.6 is 11.6 Å². The first kappa shape index (κ1) is 15.3. The first-order valence-corrected chi connectivity index (χ1v) is 6.14. The van der Waals surface area contributed by atoms with Gasteiger partial charge in [0.1, 0.15) is 17.4 Å². The van der Waals surface area contributed by atoms with Gasteiger partial charge in [-0.3, -0.25) is 4.79 Å². The molecule has 0 aliphatic carbocycles. The van der Waals surface area contributed by atoms with Crippen LogP contribution in [-0.4, -0.2) is 32.8 Å². The number of benzene rings is 1. The normalized spacial score (nSPS) is 9.74. The number of hydrogen-bond donors (Lipinski definition) is 1. The van der Waals surface area contributed by atoms with E-state index in [1.165, 1.54) is 0 Å². The molecule has 1 N–H and O–H groups in total. The molecule has 102 valence electrons. The van der Waals surface area contributed by atoms with Crippen LogP contribution in [0.15, 0.2) is 18.2 Å². The molecule has 1 aromatic carbocycles. The van der Waals surface area contributed by atoms with E-state index in [-0.39, 0.29) is 18.1 Å². The van der Waals surface area contributed by atoms with Gasteiger partial charge in [0.05, 0.1) is 5.02 Å². The predicted molar refractivity (Wildman–Crippen MR) is 71.2 cm³/mol. The summed E-state index contributed by atoms with van der Waals surface area (Å²) in [5.41, 5.74) is 0.233. The van der Waals surface area contributed by atoms with Gasteiger partial charge in [0.25, 0.3) is 5.91 Å². The Bertz CT molecular complexity index is 471. The second-order valence-corrected chi connectivity index (χ2v) is 4.12. The van der Waals surface area contributed by atoms with Crippen LogP contribution in [0.5, 0.6) is 5.75 Å². The van der Waals surface area contributed by atoms with Gasteiger partial charge in [0.15, 0.2) is 6.61 Å². The number of carbonyl (C=O) groups is 1. The molecule has 0 aromatic heterocycles. The van der Waals surface area contributed by atoms with E-state index in [9.17, 15) is 4.79 Å². The van der Waals surface area contributed by atoms with Gasteiger partial charge < -0.3 is 14.8 Å². The van der Waals surface area contributed by atoms with Crippen LogP contribution in [0.2, 0.25) is 5.02 Å². The van der Waals surface area contributed by atoms with Crippen molar-refractivity contribution < 1.29 is 14.3 Å². The third-order valence-electron chi connectivity index (χ3n) is 2.29. The Morgan fingerprint density at radius 2 is 2.32 bits per heavy atom. The third kappa shape index (κ3) is 5.16. The second kappa shape index (κ2) is 8.35. The fraction of sp³-hybridized carbons (Fsp3) is 0.385. The number of halogens is 1. The SMILES string of the molecule is COCCCNC(=O)COc1cccc(Cl)c1C#N. The van der Waals surface area contributed by atoms with Crippen molar-refractivity contribution >= 4 is 17.5 Å². The zero-order chi connectivity index (χ0) is 14.1. The molecule has 0 aliphatic heterocycles.